The molecule has 0 saturated carbocycles. The quantitative estimate of drug-likeness (QED) is 0.514. The highest BCUT2D eigenvalue weighted by Gasteiger charge is 2.33. The maximum absolute atomic E-state index is 13.6. The molecule has 2 N–H and O–H groups in total. The van der Waals surface area contributed by atoms with Crippen LogP contribution in [0, 0.1) is 5.82 Å². The van der Waals surface area contributed by atoms with E-state index in [0.29, 0.717) is 0 Å². The summed E-state index contributed by atoms with van der Waals surface area (Å²) >= 11 is 0. The van der Waals surface area contributed by atoms with E-state index in [9.17, 15) is 28.7 Å². The van der Waals surface area contributed by atoms with Crippen LogP contribution >= 0.6 is 0 Å². The number of aromatic nitrogens is 2. The molecule has 38 heavy (non-hydrogen) atoms. The summed E-state index contributed by atoms with van der Waals surface area (Å²) in [6.45, 7) is 7.76. The van der Waals surface area contributed by atoms with Gasteiger partial charge in [0.2, 0.25) is 11.8 Å². The second-order valence-electron chi connectivity index (χ2n) is 9.61. The van der Waals surface area contributed by atoms with Gasteiger partial charge in [0.05, 0.1) is 18.7 Å². The molecule has 1 aromatic heterocycles. The van der Waals surface area contributed by atoms with Gasteiger partial charge in [-0.2, -0.15) is 5.10 Å². The molecule has 0 aliphatic carbocycles. The summed E-state index contributed by atoms with van der Waals surface area (Å²) in [5.41, 5.74) is -0.876. The number of halogens is 1. The topological polar surface area (TPSA) is 143 Å². The molecule has 12 nitrogen and oxygen atoms in total. The molecule has 206 valence electrons. The van der Waals surface area contributed by atoms with Crippen LogP contribution in [0.3, 0.4) is 0 Å². The van der Waals surface area contributed by atoms with Crippen molar-refractivity contribution in [2.24, 2.45) is 0 Å². The molecule has 0 spiro atoms. The molecule has 1 aromatic carbocycles. The molecule has 1 aliphatic heterocycles. The number of benzene rings is 1. The molecular weight excluding hydrogens is 501 g/mol. The minimum Gasteiger partial charge on any atom is -0.493 e. The van der Waals surface area contributed by atoms with Crippen molar-refractivity contribution in [1.29, 1.82) is 0 Å². The number of hydrogen-bond acceptors (Lipinski definition) is 8. The smallest absolute Gasteiger partial charge is 0.409 e. The Morgan fingerprint density at radius 1 is 1.11 bits per heavy atom. The van der Waals surface area contributed by atoms with Crippen LogP contribution in [0.4, 0.5) is 9.18 Å². The van der Waals surface area contributed by atoms with Gasteiger partial charge in [-0.3, -0.25) is 14.4 Å². The number of amides is 3. The van der Waals surface area contributed by atoms with Crippen molar-refractivity contribution in [3.8, 4) is 11.6 Å². The van der Waals surface area contributed by atoms with Crippen LogP contribution in [0.5, 0.6) is 5.88 Å². The molecule has 1 atom stereocenters. The molecule has 13 heteroatoms. The summed E-state index contributed by atoms with van der Waals surface area (Å²) in [7, 11) is 0. The number of aromatic hydroxyl groups is 1. The Kier molecular flexibility index (Phi) is 8.92. The molecule has 1 aliphatic rings. The highest BCUT2D eigenvalue weighted by atomic mass is 19.1. The highest BCUT2D eigenvalue weighted by molar-refractivity contribution is 5.97. The van der Waals surface area contributed by atoms with E-state index in [2.05, 4.69) is 10.4 Å². The van der Waals surface area contributed by atoms with Crippen LogP contribution in [0.1, 0.15) is 44.6 Å². The van der Waals surface area contributed by atoms with Gasteiger partial charge in [0.15, 0.2) is 5.69 Å². The summed E-state index contributed by atoms with van der Waals surface area (Å²) in [6.07, 6.45) is -0.928. The summed E-state index contributed by atoms with van der Waals surface area (Å²) in [5.74, 6) is -3.06. The van der Waals surface area contributed by atoms with Crippen molar-refractivity contribution in [1.82, 2.24) is 24.9 Å². The molecule has 3 amide bonds. The van der Waals surface area contributed by atoms with Gasteiger partial charge in [-0.05, 0) is 45.9 Å². The van der Waals surface area contributed by atoms with E-state index >= 15 is 0 Å². The van der Waals surface area contributed by atoms with Crippen molar-refractivity contribution in [2.75, 3.05) is 32.8 Å². The van der Waals surface area contributed by atoms with Gasteiger partial charge in [-0.1, -0.05) is 6.07 Å². The van der Waals surface area contributed by atoms with Crippen molar-refractivity contribution in [3.05, 3.63) is 41.8 Å². The SMILES string of the molecule is CCOC(=O)N1CCN(C(=O)C(CC(=O)OC(C)(C)C)NC(=O)c2cc(O)n(-c3cccc(F)c3)n2)CC1. The maximum atomic E-state index is 13.6. The molecular formula is C25H32FN5O7. The number of hydrogen-bond donors (Lipinski definition) is 2. The number of carbonyl (C=O) groups is 4. The molecule has 2 aromatic rings. The third-order valence-corrected chi connectivity index (χ3v) is 5.49. The first-order valence-corrected chi connectivity index (χ1v) is 12.2. The summed E-state index contributed by atoms with van der Waals surface area (Å²) in [4.78, 5) is 53.8. The Labute approximate surface area is 219 Å². The third-order valence-electron chi connectivity index (χ3n) is 5.49. The number of nitrogens with zero attached hydrogens (tertiary/aromatic N) is 4. The lowest BCUT2D eigenvalue weighted by atomic mass is 10.1. The van der Waals surface area contributed by atoms with Gasteiger partial charge in [-0.15, -0.1) is 0 Å². The largest absolute Gasteiger partial charge is 0.493 e. The van der Waals surface area contributed by atoms with E-state index in [1.165, 1.54) is 28.0 Å². The van der Waals surface area contributed by atoms with Crippen LogP contribution in [-0.4, -0.2) is 93.0 Å². The van der Waals surface area contributed by atoms with Gasteiger partial charge in [-0.25, -0.2) is 13.9 Å². The van der Waals surface area contributed by atoms with E-state index in [1.807, 2.05) is 0 Å². The van der Waals surface area contributed by atoms with Gasteiger partial charge >= 0.3 is 12.1 Å². The fourth-order valence-electron chi connectivity index (χ4n) is 3.81. The molecule has 1 fully saturated rings. The lowest BCUT2D eigenvalue weighted by Gasteiger charge is -2.35. The van der Waals surface area contributed by atoms with Gasteiger partial charge < -0.3 is 29.7 Å². The van der Waals surface area contributed by atoms with Crippen molar-refractivity contribution in [3.63, 3.8) is 0 Å². The van der Waals surface area contributed by atoms with Crippen molar-refractivity contribution < 1.29 is 38.1 Å². The number of piperazine rings is 1. The average molecular weight is 534 g/mol. The molecule has 0 bridgehead atoms. The van der Waals surface area contributed by atoms with E-state index in [1.54, 1.807) is 27.7 Å². The predicted octanol–water partition coefficient (Wildman–Crippen LogP) is 1.85. The standard InChI is InChI=1S/C25H32FN5O7/c1-5-37-24(36)30-11-9-29(10-12-30)23(35)19(15-21(33)38-25(2,3)4)27-22(34)18-14-20(32)31(28-18)17-8-6-7-16(26)13-17/h6-8,13-14,19,32H,5,9-12,15H2,1-4H3,(H,27,34). The molecule has 1 unspecified atom stereocenters. The highest BCUT2D eigenvalue weighted by Crippen LogP contribution is 2.19. The van der Waals surface area contributed by atoms with Crippen molar-refractivity contribution >= 4 is 23.9 Å². The monoisotopic (exact) mass is 533 g/mol. The zero-order valence-corrected chi connectivity index (χ0v) is 21.8. The Bertz CT molecular complexity index is 1190. The fourth-order valence-corrected chi connectivity index (χ4v) is 3.81. The Morgan fingerprint density at radius 2 is 1.76 bits per heavy atom. The zero-order valence-electron chi connectivity index (χ0n) is 21.8. The van der Waals surface area contributed by atoms with Crippen LogP contribution < -0.4 is 5.32 Å². The molecule has 1 saturated heterocycles. The van der Waals surface area contributed by atoms with E-state index in [0.717, 1.165) is 16.8 Å². The van der Waals surface area contributed by atoms with Crippen LogP contribution in [0.15, 0.2) is 30.3 Å². The van der Waals surface area contributed by atoms with Crippen molar-refractivity contribution in [2.45, 2.75) is 45.8 Å². The number of esters is 1. The summed E-state index contributed by atoms with van der Waals surface area (Å²) in [5, 5.41) is 16.8. The Balaban J connectivity index is 1.76. The predicted molar refractivity (Wildman–Crippen MR) is 132 cm³/mol. The number of rotatable bonds is 7. The number of carbonyl (C=O) groups excluding carboxylic acids is 4. The van der Waals surface area contributed by atoms with Gasteiger partial charge in [0.1, 0.15) is 17.5 Å². The second-order valence-corrected chi connectivity index (χ2v) is 9.61. The fraction of sp³-hybridized carbons (Fsp3) is 0.480. The maximum Gasteiger partial charge on any atom is 0.409 e. The van der Waals surface area contributed by atoms with Gasteiger partial charge in [0, 0.05) is 32.2 Å². The minimum atomic E-state index is -1.30. The lowest BCUT2D eigenvalue weighted by molar-refractivity contribution is -0.157. The first-order chi connectivity index (χ1) is 17.9. The first-order valence-electron chi connectivity index (χ1n) is 12.2. The van der Waals surface area contributed by atoms with E-state index in [-0.39, 0.29) is 44.2 Å². The summed E-state index contributed by atoms with van der Waals surface area (Å²) < 4.78 is 24.9. The van der Waals surface area contributed by atoms with E-state index < -0.39 is 53.6 Å². The Hall–Kier alpha value is -4.16. The average Bonchev–Trinajstić information content (AvgIpc) is 3.24. The molecule has 0 radical (unpaired) electrons. The first kappa shape index (κ1) is 28.4. The lowest BCUT2D eigenvalue weighted by Crippen LogP contribution is -2.56. The Morgan fingerprint density at radius 3 is 2.37 bits per heavy atom. The van der Waals surface area contributed by atoms with Crippen LogP contribution in [-0.2, 0) is 19.1 Å². The zero-order chi connectivity index (χ0) is 28.0. The van der Waals surface area contributed by atoms with Gasteiger partial charge in [0.25, 0.3) is 5.91 Å². The number of ether oxygens (including phenoxy) is 2. The summed E-state index contributed by atoms with van der Waals surface area (Å²) in [6, 6.07) is 5.02. The number of nitrogens with one attached hydrogen (secondary N) is 1. The van der Waals surface area contributed by atoms with Crippen LogP contribution in [0.25, 0.3) is 5.69 Å². The minimum absolute atomic E-state index is 0.174. The third kappa shape index (κ3) is 7.43. The molecule has 3 rings (SSSR count). The second kappa shape index (κ2) is 11.9. The normalized spacial score (nSPS) is 14.6. The molecule has 2 heterocycles. The van der Waals surface area contributed by atoms with E-state index in [4.69, 9.17) is 9.47 Å². The van der Waals surface area contributed by atoms with Crippen LogP contribution in [0.2, 0.25) is 0 Å².